The Kier molecular flexibility index (Phi) is 3.70. The fraction of sp³-hybridized carbons (Fsp3) is 0.286. The largest absolute Gasteiger partial charge is 0.397 e. The van der Waals surface area contributed by atoms with Crippen molar-refractivity contribution in [1.29, 1.82) is 0 Å². The Hall–Kier alpha value is -2.21. The molecule has 1 aliphatic rings. The predicted molar refractivity (Wildman–Crippen MR) is 85.1 cm³/mol. The number of piperazine rings is 1. The highest BCUT2D eigenvalue weighted by atomic mass is 35.5. The first-order valence-electron chi connectivity index (χ1n) is 6.74. The second kappa shape index (κ2) is 5.65. The number of H-pyrrole nitrogens is 1. The third-order valence-corrected chi connectivity index (χ3v) is 3.98. The summed E-state index contributed by atoms with van der Waals surface area (Å²) in [5, 5.41) is 0.144. The van der Waals surface area contributed by atoms with Crippen LogP contribution in [0.5, 0.6) is 0 Å². The number of hydrogen-bond acceptors (Lipinski definition) is 5. The number of rotatable bonds is 2. The predicted octanol–water partition coefficient (Wildman–Crippen LogP) is 1.33. The van der Waals surface area contributed by atoms with Crippen LogP contribution in [0, 0.1) is 0 Å². The van der Waals surface area contributed by atoms with Crippen molar-refractivity contribution in [2.45, 2.75) is 0 Å². The van der Waals surface area contributed by atoms with Crippen molar-refractivity contribution < 1.29 is 0 Å². The van der Waals surface area contributed by atoms with E-state index in [0.29, 0.717) is 5.82 Å². The van der Waals surface area contributed by atoms with Gasteiger partial charge in [0.15, 0.2) is 5.82 Å². The molecule has 21 heavy (non-hydrogen) atoms. The summed E-state index contributed by atoms with van der Waals surface area (Å²) < 4.78 is 0. The lowest BCUT2D eigenvalue weighted by molar-refractivity contribution is 0.647. The number of nitrogens with two attached hydrogens (primary N) is 1. The van der Waals surface area contributed by atoms with Crippen LogP contribution >= 0.6 is 11.6 Å². The van der Waals surface area contributed by atoms with Crippen LogP contribution in [0.15, 0.2) is 35.4 Å². The summed E-state index contributed by atoms with van der Waals surface area (Å²) in [6.45, 7) is 3.09. The maximum atomic E-state index is 11.5. The zero-order chi connectivity index (χ0) is 14.8. The van der Waals surface area contributed by atoms with Gasteiger partial charge in [-0.25, -0.2) is 4.98 Å². The fourth-order valence-electron chi connectivity index (χ4n) is 2.53. The van der Waals surface area contributed by atoms with Crippen LogP contribution in [0.25, 0.3) is 0 Å². The van der Waals surface area contributed by atoms with Gasteiger partial charge >= 0.3 is 0 Å². The summed E-state index contributed by atoms with van der Waals surface area (Å²) in [5.74, 6) is 0.543. The quantitative estimate of drug-likeness (QED) is 0.819. The van der Waals surface area contributed by atoms with E-state index in [1.54, 1.807) is 0 Å². The highest BCUT2D eigenvalue weighted by molar-refractivity contribution is 6.32. The van der Waals surface area contributed by atoms with Crippen molar-refractivity contribution in [1.82, 2.24) is 9.97 Å². The van der Waals surface area contributed by atoms with E-state index in [-0.39, 0.29) is 10.6 Å². The molecule has 7 heteroatoms. The van der Waals surface area contributed by atoms with Gasteiger partial charge in [0.25, 0.3) is 5.56 Å². The number of para-hydroxylation sites is 2. The average Bonchev–Trinajstić information content (AvgIpc) is 2.51. The average molecular weight is 306 g/mol. The molecule has 0 unspecified atom stereocenters. The Morgan fingerprint density at radius 3 is 2.52 bits per heavy atom. The van der Waals surface area contributed by atoms with Gasteiger partial charge in [0.2, 0.25) is 0 Å². The number of anilines is 3. The van der Waals surface area contributed by atoms with Crippen molar-refractivity contribution in [3.63, 3.8) is 0 Å². The van der Waals surface area contributed by atoms with Crippen LogP contribution in [0.2, 0.25) is 5.02 Å². The number of nitrogens with one attached hydrogen (secondary N) is 1. The van der Waals surface area contributed by atoms with Crippen molar-refractivity contribution in [3.8, 4) is 0 Å². The molecule has 1 saturated heterocycles. The molecule has 0 spiro atoms. The lowest BCUT2D eigenvalue weighted by Crippen LogP contribution is -2.47. The van der Waals surface area contributed by atoms with Gasteiger partial charge in [-0.15, -0.1) is 0 Å². The topological polar surface area (TPSA) is 78.2 Å². The molecule has 2 aromatic rings. The smallest absolute Gasteiger partial charge is 0.271 e. The molecule has 1 aromatic carbocycles. The second-order valence-corrected chi connectivity index (χ2v) is 5.28. The molecule has 2 heterocycles. The second-order valence-electron chi connectivity index (χ2n) is 4.90. The van der Waals surface area contributed by atoms with Gasteiger partial charge in [0.1, 0.15) is 5.02 Å². The van der Waals surface area contributed by atoms with Crippen LogP contribution in [-0.2, 0) is 0 Å². The highest BCUT2D eigenvalue weighted by Crippen LogP contribution is 2.25. The first-order valence-corrected chi connectivity index (χ1v) is 7.12. The maximum absolute atomic E-state index is 11.5. The summed E-state index contributed by atoms with van der Waals surface area (Å²) in [6, 6.07) is 7.82. The molecule has 110 valence electrons. The normalized spacial score (nSPS) is 15.3. The first-order chi connectivity index (χ1) is 10.2. The fourth-order valence-corrected chi connectivity index (χ4v) is 2.75. The molecule has 3 N–H and O–H groups in total. The number of aromatic amines is 1. The monoisotopic (exact) mass is 305 g/mol. The molecule has 0 amide bonds. The minimum Gasteiger partial charge on any atom is -0.397 e. The van der Waals surface area contributed by atoms with E-state index in [4.69, 9.17) is 17.3 Å². The summed E-state index contributed by atoms with van der Waals surface area (Å²) in [7, 11) is 0. The van der Waals surface area contributed by atoms with E-state index >= 15 is 0 Å². The zero-order valence-electron chi connectivity index (χ0n) is 11.4. The molecule has 0 bridgehead atoms. The summed E-state index contributed by atoms with van der Waals surface area (Å²) >= 11 is 6.02. The lowest BCUT2D eigenvalue weighted by Gasteiger charge is -2.37. The SMILES string of the molecule is Nc1ccccc1N1CCN(c2nc[nH]c(=O)c2Cl)CC1. The summed E-state index contributed by atoms with van der Waals surface area (Å²) in [4.78, 5) is 22.4. The van der Waals surface area contributed by atoms with Crippen LogP contribution in [0.1, 0.15) is 0 Å². The Morgan fingerprint density at radius 1 is 1.14 bits per heavy atom. The molecule has 1 aromatic heterocycles. The number of nitrogens with zero attached hydrogens (tertiary/aromatic N) is 3. The Labute approximate surface area is 127 Å². The molecule has 0 aliphatic carbocycles. The molecule has 0 saturated carbocycles. The van der Waals surface area contributed by atoms with Crippen molar-refractivity contribution in [2.75, 3.05) is 41.7 Å². The van der Waals surface area contributed by atoms with Gasteiger partial charge in [-0.05, 0) is 12.1 Å². The standard InChI is InChI=1S/C14H16ClN5O/c15-12-13(17-9-18-14(12)21)20-7-5-19(6-8-20)11-4-2-1-3-10(11)16/h1-4,9H,5-8,16H2,(H,17,18,21). The Morgan fingerprint density at radius 2 is 1.81 bits per heavy atom. The van der Waals surface area contributed by atoms with E-state index in [0.717, 1.165) is 37.6 Å². The molecule has 1 fully saturated rings. The van der Waals surface area contributed by atoms with E-state index in [9.17, 15) is 4.79 Å². The van der Waals surface area contributed by atoms with Gasteiger partial charge in [0.05, 0.1) is 17.7 Å². The van der Waals surface area contributed by atoms with Gasteiger partial charge in [-0.1, -0.05) is 23.7 Å². The molecular weight excluding hydrogens is 290 g/mol. The molecule has 3 rings (SSSR count). The van der Waals surface area contributed by atoms with Crippen molar-refractivity contribution in [2.24, 2.45) is 0 Å². The van der Waals surface area contributed by atoms with Crippen LogP contribution in [0.3, 0.4) is 0 Å². The summed E-state index contributed by atoms with van der Waals surface area (Å²) in [5.41, 5.74) is 7.52. The van der Waals surface area contributed by atoms with Gasteiger partial charge in [-0.2, -0.15) is 0 Å². The number of hydrogen-bond donors (Lipinski definition) is 2. The highest BCUT2D eigenvalue weighted by Gasteiger charge is 2.21. The number of nitrogen functional groups attached to an aromatic ring is 1. The van der Waals surface area contributed by atoms with E-state index in [2.05, 4.69) is 14.9 Å². The number of halogens is 1. The number of aromatic nitrogens is 2. The third-order valence-electron chi connectivity index (χ3n) is 3.63. The van der Waals surface area contributed by atoms with Crippen molar-refractivity contribution >= 4 is 28.8 Å². The molecular formula is C14H16ClN5O. The number of benzene rings is 1. The molecule has 0 radical (unpaired) electrons. The van der Waals surface area contributed by atoms with Gasteiger partial charge in [-0.3, -0.25) is 4.79 Å². The van der Waals surface area contributed by atoms with E-state index in [1.807, 2.05) is 29.2 Å². The zero-order valence-corrected chi connectivity index (χ0v) is 12.2. The minimum atomic E-state index is -0.309. The minimum absolute atomic E-state index is 0.144. The van der Waals surface area contributed by atoms with Gasteiger partial charge < -0.3 is 20.5 Å². The maximum Gasteiger partial charge on any atom is 0.271 e. The Bertz CT molecular complexity index is 694. The van der Waals surface area contributed by atoms with Crippen LogP contribution in [-0.4, -0.2) is 36.1 Å². The first kappa shape index (κ1) is 13.8. The van der Waals surface area contributed by atoms with Gasteiger partial charge in [0, 0.05) is 26.2 Å². The lowest BCUT2D eigenvalue weighted by atomic mass is 10.2. The van der Waals surface area contributed by atoms with Crippen molar-refractivity contribution in [3.05, 3.63) is 46.0 Å². The van der Waals surface area contributed by atoms with Crippen LogP contribution < -0.4 is 21.1 Å². The Balaban J connectivity index is 1.75. The van der Waals surface area contributed by atoms with E-state index in [1.165, 1.54) is 6.33 Å². The third kappa shape index (κ3) is 2.67. The summed E-state index contributed by atoms with van der Waals surface area (Å²) in [6.07, 6.45) is 1.38. The van der Waals surface area contributed by atoms with E-state index < -0.39 is 0 Å². The molecule has 1 aliphatic heterocycles. The molecule has 6 nitrogen and oxygen atoms in total. The molecule has 0 atom stereocenters. The van der Waals surface area contributed by atoms with Crippen LogP contribution in [0.4, 0.5) is 17.2 Å².